The van der Waals surface area contributed by atoms with Crippen molar-refractivity contribution in [2.45, 2.75) is 13.5 Å². The molecule has 0 radical (unpaired) electrons. The number of rotatable bonds is 7. The van der Waals surface area contributed by atoms with Gasteiger partial charge >= 0.3 is 0 Å². The molecule has 0 saturated carbocycles. The number of anilines is 1. The van der Waals surface area contributed by atoms with Crippen LogP contribution in [0.2, 0.25) is 5.02 Å². The van der Waals surface area contributed by atoms with Crippen LogP contribution in [0.15, 0.2) is 69.1 Å². The molecule has 3 aromatic carbocycles. The van der Waals surface area contributed by atoms with Crippen molar-refractivity contribution in [1.82, 2.24) is 0 Å². The number of nitro groups is 1. The van der Waals surface area contributed by atoms with E-state index in [0.29, 0.717) is 30.8 Å². The lowest BCUT2D eigenvalue weighted by Crippen LogP contribution is -2.14. The number of amides is 1. The number of halogens is 3. The normalized spacial score (nSPS) is 11.0. The van der Waals surface area contributed by atoms with Crippen LogP contribution in [-0.2, 0) is 11.4 Å². The van der Waals surface area contributed by atoms with E-state index >= 15 is 0 Å². The molecule has 0 saturated heterocycles. The summed E-state index contributed by atoms with van der Waals surface area (Å²) in [5.41, 5.74) is 1.56. The minimum absolute atomic E-state index is 0.00688. The van der Waals surface area contributed by atoms with E-state index in [1.807, 2.05) is 24.3 Å². The molecule has 10 heteroatoms. The number of carbonyl (C=O) groups is 1. The van der Waals surface area contributed by atoms with Gasteiger partial charge in [-0.2, -0.15) is 5.26 Å². The zero-order valence-electron chi connectivity index (χ0n) is 17.6. The van der Waals surface area contributed by atoms with Crippen LogP contribution in [0.25, 0.3) is 6.08 Å². The molecule has 0 unspecified atom stereocenters. The third kappa shape index (κ3) is 6.23. The third-order valence-corrected chi connectivity index (χ3v) is 6.17. The lowest BCUT2D eigenvalue weighted by molar-refractivity contribution is -0.384. The summed E-state index contributed by atoms with van der Waals surface area (Å²) in [6, 6.07) is 17.0. The SMILES string of the molecule is Cc1ccc(NC(=O)/C(C#N)=C/c2cc(Br)c(OCc3ccccc3Cl)c(Br)c2)c([N+](=O)[O-])c1. The second kappa shape index (κ2) is 11.3. The largest absolute Gasteiger partial charge is 0.486 e. The predicted molar refractivity (Wildman–Crippen MR) is 138 cm³/mol. The fourth-order valence-corrected chi connectivity index (χ4v) is 4.61. The highest BCUT2D eigenvalue weighted by atomic mass is 79.9. The number of nitrogens with zero attached hydrogens (tertiary/aromatic N) is 2. The Hall–Kier alpha value is -3.19. The summed E-state index contributed by atoms with van der Waals surface area (Å²) >= 11 is 13.1. The zero-order valence-corrected chi connectivity index (χ0v) is 21.6. The summed E-state index contributed by atoms with van der Waals surface area (Å²) in [5.74, 6) is -0.240. The number of carbonyl (C=O) groups excluding carboxylic acids is 1. The first-order valence-electron chi connectivity index (χ1n) is 9.73. The van der Waals surface area contributed by atoms with E-state index in [1.165, 1.54) is 18.2 Å². The summed E-state index contributed by atoms with van der Waals surface area (Å²) in [5, 5.41) is 23.8. The van der Waals surface area contributed by atoms with Crippen LogP contribution in [0.5, 0.6) is 5.75 Å². The fraction of sp³-hybridized carbons (Fsp3) is 0.0833. The Morgan fingerprint density at radius 2 is 1.88 bits per heavy atom. The summed E-state index contributed by atoms with van der Waals surface area (Å²) in [6.45, 7) is 1.95. The standard InChI is InChI=1S/C24H16Br2ClN3O4/c1-14-6-7-21(22(8-14)30(32)33)29-24(31)17(12-28)9-15-10-18(25)23(19(26)11-15)34-13-16-4-2-3-5-20(16)27/h2-11H,13H2,1H3,(H,29,31)/b17-9+. The number of aryl methyl sites for hydroxylation is 1. The molecule has 0 aliphatic heterocycles. The van der Waals surface area contributed by atoms with Crippen molar-refractivity contribution in [2.24, 2.45) is 0 Å². The van der Waals surface area contributed by atoms with Gasteiger partial charge in [0.15, 0.2) is 0 Å². The highest BCUT2D eigenvalue weighted by Gasteiger charge is 2.19. The van der Waals surface area contributed by atoms with Gasteiger partial charge in [-0.3, -0.25) is 14.9 Å². The molecule has 1 amide bonds. The van der Waals surface area contributed by atoms with Crippen molar-refractivity contribution in [1.29, 1.82) is 5.26 Å². The number of hydrogen-bond acceptors (Lipinski definition) is 5. The fourth-order valence-electron chi connectivity index (χ4n) is 2.97. The Labute approximate surface area is 217 Å². The van der Waals surface area contributed by atoms with E-state index in [1.54, 1.807) is 31.2 Å². The number of nitriles is 1. The van der Waals surface area contributed by atoms with Gasteiger partial charge in [-0.25, -0.2) is 0 Å². The molecule has 3 rings (SSSR count). The summed E-state index contributed by atoms with van der Waals surface area (Å²) in [7, 11) is 0. The minimum atomic E-state index is -0.763. The summed E-state index contributed by atoms with van der Waals surface area (Å²) in [6.07, 6.45) is 1.38. The highest BCUT2D eigenvalue weighted by Crippen LogP contribution is 2.36. The van der Waals surface area contributed by atoms with Crippen LogP contribution < -0.4 is 10.1 Å². The average molecular weight is 606 g/mol. The second-order valence-corrected chi connectivity index (χ2v) is 9.21. The molecule has 3 aromatic rings. The van der Waals surface area contributed by atoms with Gasteiger partial charge < -0.3 is 10.1 Å². The van der Waals surface area contributed by atoms with Crippen molar-refractivity contribution in [3.63, 3.8) is 0 Å². The van der Waals surface area contributed by atoms with Gasteiger partial charge in [0.1, 0.15) is 29.7 Å². The molecule has 0 aliphatic rings. The van der Waals surface area contributed by atoms with Crippen LogP contribution in [0.4, 0.5) is 11.4 Å². The maximum Gasteiger partial charge on any atom is 0.293 e. The number of nitro benzene ring substituents is 1. The van der Waals surface area contributed by atoms with Crippen molar-refractivity contribution < 1.29 is 14.5 Å². The number of benzene rings is 3. The molecule has 0 bridgehead atoms. The van der Waals surface area contributed by atoms with Gasteiger partial charge in [-0.1, -0.05) is 35.9 Å². The molecule has 0 heterocycles. The van der Waals surface area contributed by atoms with Crippen LogP contribution in [0.1, 0.15) is 16.7 Å². The molecule has 0 aromatic heterocycles. The molecule has 0 aliphatic carbocycles. The van der Waals surface area contributed by atoms with Crippen LogP contribution in [0.3, 0.4) is 0 Å². The van der Waals surface area contributed by atoms with Crippen LogP contribution in [0, 0.1) is 28.4 Å². The van der Waals surface area contributed by atoms with Gasteiger partial charge in [0.2, 0.25) is 0 Å². The lowest BCUT2D eigenvalue weighted by atomic mass is 10.1. The molecule has 34 heavy (non-hydrogen) atoms. The number of hydrogen-bond donors (Lipinski definition) is 1. The first-order valence-corrected chi connectivity index (χ1v) is 11.7. The van der Waals surface area contributed by atoms with Crippen LogP contribution in [-0.4, -0.2) is 10.8 Å². The Morgan fingerprint density at radius 3 is 2.50 bits per heavy atom. The van der Waals surface area contributed by atoms with Gasteiger partial charge in [-0.05, 0) is 80.3 Å². The van der Waals surface area contributed by atoms with Gasteiger partial charge in [0.05, 0.1) is 13.9 Å². The molecule has 0 spiro atoms. The number of ether oxygens (including phenoxy) is 1. The molecule has 0 atom stereocenters. The second-order valence-electron chi connectivity index (χ2n) is 7.10. The van der Waals surface area contributed by atoms with E-state index in [-0.39, 0.29) is 23.6 Å². The first kappa shape index (κ1) is 25.4. The molecule has 0 fully saturated rings. The predicted octanol–water partition coefficient (Wildman–Crippen LogP) is 7.21. The maximum absolute atomic E-state index is 12.7. The van der Waals surface area contributed by atoms with Gasteiger partial charge in [0.25, 0.3) is 11.6 Å². The average Bonchev–Trinajstić information content (AvgIpc) is 2.79. The Morgan fingerprint density at radius 1 is 1.21 bits per heavy atom. The molecular formula is C24H16Br2ClN3O4. The Balaban J connectivity index is 1.82. The van der Waals surface area contributed by atoms with E-state index in [0.717, 1.165) is 5.56 Å². The van der Waals surface area contributed by atoms with E-state index in [2.05, 4.69) is 37.2 Å². The van der Waals surface area contributed by atoms with Crippen molar-refractivity contribution in [3.05, 3.63) is 101 Å². The third-order valence-electron chi connectivity index (χ3n) is 4.62. The van der Waals surface area contributed by atoms with Crippen LogP contribution >= 0.6 is 43.5 Å². The summed E-state index contributed by atoms with van der Waals surface area (Å²) in [4.78, 5) is 23.4. The van der Waals surface area contributed by atoms with E-state index in [9.17, 15) is 20.2 Å². The first-order chi connectivity index (χ1) is 16.2. The molecule has 172 valence electrons. The molecular weight excluding hydrogens is 590 g/mol. The highest BCUT2D eigenvalue weighted by molar-refractivity contribution is 9.11. The van der Waals surface area contributed by atoms with Gasteiger partial charge in [-0.15, -0.1) is 0 Å². The topological polar surface area (TPSA) is 105 Å². The quantitative estimate of drug-likeness (QED) is 0.133. The minimum Gasteiger partial charge on any atom is -0.486 e. The Bertz CT molecular complexity index is 1330. The Kier molecular flexibility index (Phi) is 8.45. The maximum atomic E-state index is 12.7. The lowest BCUT2D eigenvalue weighted by Gasteiger charge is -2.12. The number of nitrogens with one attached hydrogen (secondary N) is 1. The monoisotopic (exact) mass is 603 g/mol. The van der Waals surface area contributed by atoms with Crippen molar-refractivity contribution in [3.8, 4) is 11.8 Å². The smallest absolute Gasteiger partial charge is 0.293 e. The zero-order chi connectivity index (χ0) is 24.8. The summed E-state index contributed by atoms with van der Waals surface area (Å²) < 4.78 is 7.07. The molecule has 7 nitrogen and oxygen atoms in total. The van der Waals surface area contributed by atoms with Crippen molar-refractivity contribution >= 4 is 66.8 Å². The molecule has 1 N–H and O–H groups in total. The van der Waals surface area contributed by atoms with Crippen molar-refractivity contribution in [2.75, 3.05) is 5.32 Å². The van der Waals surface area contributed by atoms with E-state index in [4.69, 9.17) is 16.3 Å². The van der Waals surface area contributed by atoms with Gasteiger partial charge in [0, 0.05) is 16.7 Å². The van der Waals surface area contributed by atoms with E-state index < -0.39 is 10.8 Å².